The highest BCUT2D eigenvalue weighted by atomic mass is 35.5. The van der Waals surface area contributed by atoms with E-state index in [1.165, 1.54) is 13.4 Å². The molecule has 0 unspecified atom stereocenters. The molecule has 2 aromatic rings. The number of methoxy groups -OCH3 is 1. The first-order valence-electron chi connectivity index (χ1n) is 5.19. The lowest BCUT2D eigenvalue weighted by atomic mass is 10.1. The summed E-state index contributed by atoms with van der Waals surface area (Å²) in [4.78, 5) is 17.7. The van der Waals surface area contributed by atoms with Crippen molar-refractivity contribution in [2.45, 2.75) is 6.42 Å². The molecule has 0 fully saturated rings. The van der Waals surface area contributed by atoms with Gasteiger partial charge in [-0.05, 0) is 18.2 Å². The van der Waals surface area contributed by atoms with Gasteiger partial charge in [0.05, 0.1) is 31.2 Å². The molecule has 1 heterocycles. The van der Waals surface area contributed by atoms with Crippen LogP contribution in [0.5, 0.6) is 5.75 Å². The van der Waals surface area contributed by atoms with Crippen molar-refractivity contribution in [1.29, 1.82) is 0 Å². The Labute approximate surface area is 108 Å². The summed E-state index contributed by atoms with van der Waals surface area (Å²) in [5.41, 5.74) is 1.72. The van der Waals surface area contributed by atoms with Crippen LogP contribution in [0.4, 0.5) is 0 Å². The lowest BCUT2D eigenvalue weighted by Gasteiger charge is -2.08. The molecule has 0 atom stereocenters. The van der Waals surface area contributed by atoms with Crippen molar-refractivity contribution >= 4 is 17.6 Å². The average Bonchev–Trinajstić information content (AvgIpc) is 2.76. The van der Waals surface area contributed by atoms with Gasteiger partial charge in [-0.3, -0.25) is 4.79 Å². The Morgan fingerprint density at radius 1 is 1.56 bits per heavy atom. The third kappa shape index (κ3) is 2.46. The average molecular weight is 267 g/mol. The summed E-state index contributed by atoms with van der Waals surface area (Å²) in [5, 5.41) is 9.37. The van der Waals surface area contributed by atoms with E-state index in [-0.39, 0.29) is 6.42 Å². The first-order valence-corrected chi connectivity index (χ1v) is 5.57. The summed E-state index contributed by atoms with van der Waals surface area (Å²) in [6.45, 7) is 0. The van der Waals surface area contributed by atoms with Crippen molar-refractivity contribution in [3.05, 3.63) is 35.2 Å². The highest BCUT2D eigenvalue weighted by Crippen LogP contribution is 2.32. The molecule has 0 saturated heterocycles. The van der Waals surface area contributed by atoms with Crippen LogP contribution in [0.3, 0.4) is 0 Å². The third-order valence-electron chi connectivity index (χ3n) is 2.46. The topological polar surface area (TPSA) is 75.2 Å². The van der Waals surface area contributed by atoms with Gasteiger partial charge in [0.25, 0.3) is 0 Å². The van der Waals surface area contributed by atoms with Crippen LogP contribution in [0.1, 0.15) is 5.69 Å². The van der Waals surface area contributed by atoms with E-state index >= 15 is 0 Å². The summed E-state index contributed by atoms with van der Waals surface area (Å²) in [7, 11) is 1.54. The van der Waals surface area contributed by atoms with E-state index in [2.05, 4.69) is 9.97 Å². The monoisotopic (exact) mass is 266 g/mol. The van der Waals surface area contributed by atoms with E-state index in [4.69, 9.17) is 21.4 Å². The number of ether oxygens (including phenoxy) is 1. The smallest absolute Gasteiger partial charge is 0.309 e. The van der Waals surface area contributed by atoms with E-state index < -0.39 is 5.97 Å². The number of aromatic nitrogens is 2. The molecule has 2 N–H and O–H groups in total. The number of hydrogen-bond donors (Lipinski definition) is 2. The second-order valence-corrected chi connectivity index (χ2v) is 4.08. The molecule has 18 heavy (non-hydrogen) atoms. The van der Waals surface area contributed by atoms with Gasteiger partial charge in [-0.15, -0.1) is 0 Å². The summed E-state index contributed by atoms with van der Waals surface area (Å²) >= 11 is 5.94. The minimum atomic E-state index is -0.929. The van der Waals surface area contributed by atoms with Crippen molar-refractivity contribution in [2.75, 3.05) is 7.11 Å². The fraction of sp³-hybridized carbons (Fsp3) is 0.167. The Morgan fingerprint density at radius 2 is 2.33 bits per heavy atom. The molecule has 1 aromatic carbocycles. The van der Waals surface area contributed by atoms with Crippen LogP contribution in [0.25, 0.3) is 11.3 Å². The number of aliphatic carboxylic acids is 1. The van der Waals surface area contributed by atoms with Gasteiger partial charge in [0.2, 0.25) is 0 Å². The van der Waals surface area contributed by atoms with Crippen LogP contribution in [0, 0.1) is 0 Å². The first kappa shape index (κ1) is 12.4. The molecular formula is C12H11ClN2O3. The Bertz CT molecular complexity index is 580. The predicted octanol–water partition coefficient (Wildman–Crippen LogP) is 2.37. The summed E-state index contributed by atoms with van der Waals surface area (Å²) in [6, 6.07) is 5.12. The number of imidazole rings is 1. The molecule has 0 aliphatic carbocycles. The second kappa shape index (κ2) is 5.10. The predicted molar refractivity (Wildman–Crippen MR) is 66.9 cm³/mol. The van der Waals surface area contributed by atoms with E-state index in [1.54, 1.807) is 18.2 Å². The SMILES string of the molecule is COc1ccc(Cl)cc1-c1nc[nH]c1CC(=O)O. The number of rotatable bonds is 4. The Morgan fingerprint density at radius 3 is 3.00 bits per heavy atom. The van der Waals surface area contributed by atoms with Crippen molar-refractivity contribution in [2.24, 2.45) is 0 Å². The van der Waals surface area contributed by atoms with Crippen LogP contribution in [0.15, 0.2) is 24.5 Å². The molecule has 0 saturated carbocycles. The zero-order chi connectivity index (χ0) is 13.1. The van der Waals surface area contributed by atoms with Gasteiger partial charge in [0, 0.05) is 10.6 Å². The minimum Gasteiger partial charge on any atom is -0.496 e. The van der Waals surface area contributed by atoms with Crippen LogP contribution in [0.2, 0.25) is 5.02 Å². The molecule has 0 radical (unpaired) electrons. The van der Waals surface area contributed by atoms with E-state index in [0.29, 0.717) is 27.7 Å². The van der Waals surface area contributed by atoms with Crippen LogP contribution in [-0.2, 0) is 11.2 Å². The molecule has 0 spiro atoms. The molecule has 2 rings (SSSR count). The molecule has 0 aliphatic rings. The number of H-pyrrole nitrogens is 1. The maximum atomic E-state index is 10.8. The lowest BCUT2D eigenvalue weighted by Crippen LogP contribution is -2.02. The number of halogens is 1. The number of aromatic amines is 1. The largest absolute Gasteiger partial charge is 0.496 e. The van der Waals surface area contributed by atoms with Crippen molar-refractivity contribution in [3.63, 3.8) is 0 Å². The second-order valence-electron chi connectivity index (χ2n) is 3.64. The maximum Gasteiger partial charge on any atom is 0.309 e. The third-order valence-corrected chi connectivity index (χ3v) is 2.70. The zero-order valence-corrected chi connectivity index (χ0v) is 10.4. The number of nitrogens with zero attached hydrogens (tertiary/aromatic N) is 1. The van der Waals surface area contributed by atoms with Gasteiger partial charge >= 0.3 is 5.97 Å². The highest BCUT2D eigenvalue weighted by molar-refractivity contribution is 6.31. The van der Waals surface area contributed by atoms with Gasteiger partial charge < -0.3 is 14.8 Å². The Hall–Kier alpha value is -2.01. The Kier molecular flexibility index (Phi) is 3.53. The molecular weight excluding hydrogens is 256 g/mol. The highest BCUT2D eigenvalue weighted by Gasteiger charge is 2.15. The van der Waals surface area contributed by atoms with Crippen molar-refractivity contribution in [3.8, 4) is 17.0 Å². The quantitative estimate of drug-likeness (QED) is 0.891. The number of benzene rings is 1. The van der Waals surface area contributed by atoms with Gasteiger partial charge in [-0.2, -0.15) is 0 Å². The van der Waals surface area contributed by atoms with E-state index in [9.17, 15) is 4.79 Å². The van der Waals surface area contributed by atoms with Crippen molar-refractivity contribution < 1.29 is 14.6 Å². The van der Waals surface area contributed by atoms with Gasteiger partial charge in [0.15, 0.2) is 0 Å². The van der Waals surface area contributed by atoms with E-state index in [0.717, 1.165) is 0 Å². The fourth-order valence-corrected chi connectivity index (χ4v) is 1.88. The fourth-order valence-electron chi connectivity index (χ4n) is 1.70. The normalized spacial score (nSPS) is 10.3. The van der Waals surface area contributed by atoms with Crippen LogP contribution < -0.4 is 4.74 Å². The molecule has 0 bridgehead atoms. The van der Waals surface area contributed by atoms with Crippen molar-refractivity contribution in [1.82, 2.24) is 9.97 Å². The van der Waals surface area contributed by atoms with Gasteiger partial charge in [0.1, 0.15) is 5.75 Å². The standard InChI is InChI=1S/C12H11ClN2O3/c1-18-10-3-2-7(13)4-8(10)12-9(5-11(16)17)14-6-15-12/h2-4,6H,5H2,1H3,(H,14,15)(H,16,17). The summed E-state index contributed by atoms with van der Waals surface area (Å²) in [6.07, 6.45) is 1.32. The molecule has 5 nitrogen and oxygen atoms in total. The molecule has 0 amide bonds. The molecule has 0 aliphatic heterocycles. The zero-order valence-electron chi connectivity index (χ0n) is 9.61. The Balaban J connectivity index is 2.51. The van der Waals surface area contributed by atoms with Gasteiger partial charge in [-0.1, -0.05) is 11.6 Å². The number of carbonyl (C=O) groups is 1. The number of carboxylic acid groups (broad SMARTS) is 1. The molecule has 6 heteroatoms. The van der Waals surface area contributed by atoms with Crippen LogP contribution in [-0.4, -0.2) is 28.2 Å². The molecule has 1 aromatic heterocycles. The summed E-state index contributed by atoms with van der Waals surface area (Å²) in [5.74, 6) is -0.334. The maximum absolute atomic E-state index is 10.8. The summed E-state index contributed by atoms with van der Waals surface area (Å²) < 4.78 is 5.22. The van der Waals surface area contributed by atoms with Crippen LogP contribution >= 0.6 is 11.6 Å². The molecule has 94 valence electrons. The number of hydrogen-bond acceptors (Lipinski definition) is 3. The minimum absolute atomic E-state index is 0.134. The van der Waals surface area contributed by atoms with Gasteiger partial charge in [-0.25, -0.2) is 4.98 Å². The number of carboxylic acids is 1. The lowest BCUT2D eigenvalue weighted by molar-refractivity contribution is -0.136. The van der Waals surface area contributed by atoms with E-state index in [1.807, 2.05) is 0 Å². The first-order chi connectivity index (χ1) is 8.61. The number of nitrogens with one attached hydrogen (secondary N) is 1.